The number of fused-ring (bicyclic) bond motifs is 1. The second-order valence-corrected chi connectivity index (χ2v) is 9.71. The third kappa shape index (κ3) is 5.36. The van der Waals surface area contributed by atoms with Crippen LogP contribution in [0.2, 0.25) is 5.02 Å². The van der Waals surface area contributed by atoms with Crippen LogP contribution < -0.4 is 9.46 Å². The Morgan fingerprint density at radius 1 is 1.13 bits per heavy atom. The minimum absolute atomic E-state index is 0.0952. The Labute approximate surface area is 187 Å². The maximum Gasteiger partial charge on any atom is 0.246 e. The van der Waals surface area contributed by atoms with E-state index in [1.165, 1.54) is 0 Å². The van der Waals surface area contributed by atoms with Crippen LogP contribution in [0.5, 0.6) is 5.75 Å². The molecule has 2 aliphatic heterocycles. The van der Waals surface area contributed by atoms with Gasteiger partial charge in [-0.15, -0.1) is 0 Å². The normalized spacial score (nSPS) is 17.2. The van der Waals surface area contributed by atoms with Crippen LogP contribution in [0.15, 0.2) is 71.2 Å². The van der Waals surface area contributed by atoms with E-state index in [-0.39, 0.29) is 16.8 Å². The van der Waals surface area contributed by atoms with E-state index in [4.69, 9.17) is 16.3 Å². The lowest BCUT2D eigenvalue weighted by Gasteiger charge is -2.31. The summed E-state index contributed by atoms with van der Waals surface area (Å²) < 4.78 is 33.4. The number of likely N-dealkylation sites (tertiary alicyclic amines) is 1. The lowest BCUT2D eigenvalue weighted by atomic mass is 10.1. The topological polar surface area (TPSA) is 75.7 Å². The van der Waals surface area contributed by atoms with Crippen LogP contribution in [0, 0.1) is 0 Å². The molecule has 2 aromatic carbocycles. The Bertz CT molecular complexity index is 1120. The lowest BCUT2D eigenvalue weighted by Crippen LogP contribution is -2.46. The number of sulfonamides is 1. The number of carbonyl (C=O) groups excluding carboxylic acids is 1. The molecule has 31 heavy (non-hydrogen) atoms. The van der Waals surface area contributed by atoms with Crippen LogP contribution in [0.3, 0.4) is 0 Å². The first-order valence-electron chi connectivity index (χ1n) is 10.1. The van der Waals surface area contributed by atoms with Gasteiger partial charge in [0.2, 0.25) is 15.9 Å². The first-order valence-corrected chi connectivity index (χ1v) is 11.9. The molecule has 0 radical (unpaired) electrons. The number of nitrogens with one attached hydrogen (secondary N) is 1. The maximum absolute atomic E-state index is 12.6. The van der Waals surface area contributed by atoms with Crippen molar-refractivity contribution in [3.63, 3.8) is 0 Å². The molecule has 1 N–H and O–H groups in total. The molecule has 0 atom stereocenters. The zero-order valence-electron chi connectivity index (χ0n) is 16.8. The first-order chi connectivity index (χ1) is 14.9. The number of piperidine rings is 1. The van der Waals surface area contributed by atoms with E-state index in [0.29, 0.717) is 37.6 Å². The number of halogens is 1. The first kappa shape index (κ1) is 21.6. The quantitative estimate of drug-likeness (QED) is 0.694. The van der Waals surface area contributed by atoms with E-state index in [2.05, 4.69) is 4.72 Å². The van der Waals surface area contributed by atoms with Crippen molar-refractivity contribution < 1.29 is 17.9 Å². The summed E-state index contributed by atoms with van der Waals surface area (Å²) in [7, 11) is -3.55. The molecule has 0 unspecified atom stereocenters. The van der Waals surface area contributed by atoms with Crippen LogP contribution in [0.1, 0.15) is 18.4 Å². The van der Waals surface area contributed by atoms with Gasteiger partial charge < -0.3 is 9.64 Å². The molecule has 1 saturated heterocycles. The Morgan fingerprint density at radius 2 is 1.87 bits per heavy atom. The molecular formula is C23H23ClN2O4S. The Balaban J connectivity index is 1.32. The highest BCUT2D eigenvalue weighted by Gasteiger charge is 2.26. The van der Waals surface area contributed by atoms with Gasteiger partial charge in [0.05, 0.1) is 4.90 Å². The van der Waals surface area contributed by atoms with Gasteiger partial charge >= 0.3 is 0 Å². The molecule has 4 rings (SSSR count). The third-order valence-corrected chi connectivity index (χ3v) is 7.10. The number of nitrogens with zero attached hydrogens (tertiary/aromatic N) is 1. The van der Waals surface area contributed by atoms with Gasteiger partial charge in [-0.2, -0.15) is 0 Å². The van der Waals surface area contributed by atoms with Gasteiger partial charge in [-0.3, -0.25) is 4.79 Å². The van der Waals surface area contributed by atoms with Crippen molar-refractivity contribution in [2.24, 2.45) is 0 Å². The Kier molecular flexibility index (Phi) is 6.46. The van der Waals surface area contributed by atoms with Gasteiger partial charge in [0.15, 0.2) is 0 Å². The van der Waals surface area contributed by atoms with Crippen molar-refractivity contribution in [3.8, 4) is 5.75 Å². The summed E-state index contributed by atoms with van der Waals surface area (Å²) in [6, 6.07) is 13.6. The SMILES string of the molecule is O=C(/C=C/C1=Cc2cc(Cl)ccc2OC1)N1CCC(NS(=O)(=O)c2ccccc2)CC1. The Morgan fingerprint density at radius 3 is 2.61 bits per heavy atom. The molecule has 1 fully saturated rings. The molecule has 2 aliphatic rings. The highest BCUT2D eigenvalue weighted by Crippen LogP contribution is 2.29. The molecule has 0 aromatic heterocycles. The smallest absolute Gasteiger partial charge is 0.246 e. The molecule has 2 aromatic rings. The summed E-state index contributed by atoms with van der Waals surface area (Å²) in [5.41, 5.74) is 1.77. The van der Waals surface area contributed by atoms with Crippen molar-refractivity contribution in [1.29, 1.82) is 0 Å². The van der Waals surface area contributed by atoms with E-state index < -0.39 is 10.0 Å². The number of hydrogen-bond donors (Lipinski definition) is 1. The number of rotatable bonds is 5. The second-order valence-electron chi connectivity index (χ2n) is 7.56. The predicted molar refractivity (Wildman–Crippen MR) is 120 cm³/mol. The summed E-state index contributed by atoms with van der Waals surface area (Å²) in [6.45, 7) is 1.39. The molecule has 0 aliphatic carbocycles. The van der Waals surface area contributed by atoms with Crippen LogP contribution in [0.25, 0.3) is 6.08 Å². The second kappa shape index (κ2) is 9.26. The van der Waals surface area contributed by atoms with E-state index >= 15 is 0 Å². The fourth-order valence-electron chi connectivity index (χ4n) is 3.65. The van der Waals surface area contributed by atoms with E-state index in [1.54, 1.807) is 53.5 Å². The highest BCUT2D eigenvalue weighted by atomic mass is 35.5. The number of benzene rings is 2. The summed E-state index contributed by atoms with van der Waals surface area (Å²) in [6.07, 6.45) is 6.40. The van der Waals surface area contributed by atoms with E-state index in [0.717, 1.165) is 16.9 Å². The zero-order valence-corrected chi connectivity index (χ0v) is 18.4. The summed E-state index contributed by atoms with van der Waals surface area (Å²) in [4.78, 5) is 14.6. The number of hydrogen-bond acceptors (Lipinski definition) is 4. The molecule has 162 valence electrons. The van der Waals surface area contributed by atoms with Crippen molar-refractivity contribution in [1.82, 2.24) is 9.62 Å². The van der Waals surface area contributed by atoms with Crippen LogP contribution in [-0.4, -0.2) is 45.0 Å². The minimum atomic E-state index is -3.55. The summed E-state index contributed by atoms with van der Waals surface area (Å²) in [5, 5.41) is 0.630. The molecule has 8 heteroatoms. The average molecular weight is 459 g/mol. The van der Waals surface area contributed by atoms with Gasteiger partial charge in [0, 0.05) is 35.8 Å². The van der Waals surface area contributed by atoms with E-state index in [1.807, 2.05) is 18.2 Å². The molecule has 0 bridgehead atoms. The van der Waals surface area contributed by atoms with Crippen molar-refractivity contribution in [2.45, 2.75) is 23.8 Å². The van der Waals surface area contributed by atoms with Crippen molar-refractivity contribution in [2.75, 3.05) is 19.7 Å². The van der Waals surface area contributed by atoms with Gasteiger partial charge in [-0.05, 0) is 54.8 Å². The van der Waals surface area contributed by atoms with Gasteiger partial charge in [-0.1, -0.05) is 35.9 Å². The van der Waals surface area contributed by atoms with E-state index in [9.17, 15) is 13.2 Å². The molecule has 1 amide bonds. The van der Waals surface area contributed by atoms with Crippen LogP contribution in [-0.2, 0) is 14.8 Å². The molecule has 0 saturated carbocycles. The maximum atomic E-state index is 12.6. The summed E-state index contributed by atoms with van der Waals surface area (Å²) in [5.74, 6) is 0.676. The van der Waals surface area contributed by atoms with Crippen molar-refractivity contribution in [3.05, 3.63) is 76.8 Å². The molecule has 6 nitrogen and oxygen atoms in total. The van der Waals surface area contributed by atoms with Gasteiger partial charge in [0.25, 0.3) is 0 Å². The Hall–Kier alpha value is -2.61. The fourth-order valence-corrected chi connectivity index (χ4v) is 5.16. The molecular weight excluding hydrogens is 436 g/mol. The number of ether oxygens (including phenoxy) is 1. The fraction of sp³-hybridized carbons (Fsp3) is 0.261. The number of carbonyl (C=O) groups is 1. The van der Waals surface area contributed by atoms with Gasteiger partial charge in [0.1, 0.15) is 12.4 Å². The lowest BCUT2D eigenvalue weighted by molar-refractivity contribution is -0.127. The third-order valence-electron chi connectivity index (χ3n) is 5.33. The highest BCUT2D eigenvalue weighted by molar-refractivity contribution is 7.89. The van der Waals surface area contributed by atoms with Gasteiger partial charge in [-0.25, -0.2) is 13.1 Å². The standard InChI is InChI=1S/C23H23ClN2O4S/c24-19-7-8-22-18(15-19)14-17(16-30-22)6-9-23(27)26-12-10-20(11-13-26)25-31(28,29)21-4-2-1-3-5-21/h1-9,14-15,20,25H,10-13,16H2/b9-6+. The van der Waals surface area contributed by atoms with Crippen molar-refractivity contribution >= 4 is 33.6 Å². The minimum Gasteiger partial charge on any atom is -0.488 e. The predicted octanol–water partition coefficient (Wildman–Crippen LogP) is 3.64. The van der Waals surface area contributed by atoms with Crippen LogP contribution in [0.4, 0.5) is 0 Å². The monoisotopic (exact) mass is 458 g/mol. The zero-order chi connectivity index (χ0) is 21.8. The average Bonchev–Trinajstić information content (AvgIpc) is 2.78. The molecule has 0 spiro atoms. The largest absolute Gasteiger partial charge is 0.488 e. The van der Waals surface area contributed by atoms with Crippen LogP contribution >= 0.6 is 11.6 Å². The summed E-state index contributed by atoms with van der Waals surface area (Å²) >= 11 is 6.03. The number of amides is 1. The molecule has 2 heterocycles.